The molecule has 5 heteroatoms. The van der Waals surface area contributed by atoms with E-state index < -0.39 is 21.0 Å². The van der Waals surface area contributed by atoms with Crippen molar-refractivity contribution >= 4 is 21.0 Å². The van der Waals surface area contributed by atoms with E-state index in [9.17, 15) is 13.0 Å². The average molecular weight is 320 g/mol. The Bertz CT molecular complexity index is 648. The molecular weight excluding hydrogens is 304 g/mol. The van der Waals surface area contributed by atoms with Crippen LogP contribution in [0.25, 0.3) is 0 Å². The lowest BCUT2D eigenvalue weighted by molar-refractivity contribution is 0.601. The second kappa shape index (κ2) is 7.26. The zero-order valence-corrected chi connectivity index (χ0v) is 13.1. The van der Waals surface area contributed by atoms with Crippen molar-refractivity contribution in [2.75, 3.05) is 0 Å². The lowest BCUT2D eigenvalue weighted by Crippen LogP contribution is -2.21. The molecule has 21 heavy (non-hydrogen) atoms. The van der Waals surface area contributed by atoms with Gasteiger partial charge in [0, 0.05) is 11.2 Å². The van der Waals surface area contributed by atoms with Gasteiger partial charge in [-0.1, -0.05) is 50.6 Å². The fraction of sp³-hybridized carbons (Fsp3) is 0. The second-order valence-electron chi connectivity index (χ2n) is 3.83. The average Bonchev–Trinajstić information content (AvgIpc) is 2.45. The highest BCUT2D eigenvalue weighted by atomic mass is 32.2. The molecule has 0 saturated carbocycles. The van der Waals surface area contributed by atoms with E-state index >= 15 is 0 Å². The van der Waals surface area contributed by atoms with Crippen molar-refractivity contribution in [1.29, 1.82) is 0 Å². The van der Waals surface area contributed by atoms with Crippen LogP contribution in [0.5, 0.6) is 0 Å². The SMILES string of the molecule is C=C/C=C\C1=C(C=C)[S+]([O-])C(C=C)=C(/C=C\C=C)S1(=O)=O. The Morgan fingerprint density at radius 2 is 1.24 bits per heavy atom. The Kier molecular flexibility index (Phi) is 5.96. The quantitative estimate of drug-likeness (QED) is 0.556. The number of rotatable bonds is 6. The van der Waals surface area contributed by atoms with Crippen LogP contribution in [-0.2, 0) is 21.0 Å². The molecule has 0 spiro atoms. The van der Waals surface area contributed by atoms with Gasteiger partial charge in [-0.2, -0.15) is 0 Å². The standard InChI is InChI=1S/C16H16O3S2/c1-5-9-11-15-13(7-3)20(17)14(8-4)16(12-10-6-2)21(15,18)19/h5-12H,1-4H2/b11-9-,12-10-. The van der Waals surface area contributed by atoms with Gasteiger partial charge < -0.3 is 4.55 Å². The molecule has 0 fully saturated rings. The molecule has 1 aliphatic heterocycles. The predicted molar refractivity (Wildman–Crippen MR) is 90.2 cm³/mol. The minimum absolute atomic E-state index is 0.0509. The Morgan fingerprint density at radius 3 is 1.52 bits per heavy atom. The Labute approximate surface area is 128 Å². The van der Waals surface area contributed by atoms with Crippen LogP contribution < -0.4 is 0 Å². The molecule has 0 aromatic rings. The molecule has 110 valence electrons. The molecule has 0 radical (unpaired) electrons. The molecule has 3 nitrogen and oxygen atoms in total. The van der Waals surface area contributed by atoms with E-state index in [-0.39, 0.29) is 19.6 Å². The Morgan fingerprint density at radius 1 is 0.857 bits per heavy atom. The molecule has 0 atom stereocenters. The summed E-state index contributed by atoms with van der Waals surface area (Å²) >= 11 is -1.66. The maximum atomic E-state index is 12.7. The van der Waals surface area contributed by atoms with Crippen LogP contribution in [0.2, 0.25) is 0 Å². The topological polar surface area (TPSA) is 57.2 Å². The maximum Gasteiger partial charge on any atom is 0.216 e. The summed E-state index contributed by atoms with van der Waals surface area (Å²) in [6, 6.07) is 0. The molecule has 0 aromatic heterocycles. The van der Waals surface area contributed by atoms with Crippen molar-refractivity contribution < 1.29 is 13.0 Å². The number of hydrogen-bond donors (Lipinski definition) is 0. The third-order valence-corrected chi connectivity index (χ3v) is 6.30. The van der Waals surface area contributed by atoms with E-state index in [1.807, 2.05) is 0 Å². The lowest BCUT2D eigenvalue weighted by Gasteiger charge is -2.21. The van der Waals surface area contributed by atoms with Gasteiger partial charge >= 0.3 is 0 Å². The second-order valence-corrected chi connectivity index (χ2v) is 7.13. The minimum atomic E-state index is -3.81. The van der Waals surface area contributed by atoms with Gasteiger partial charge in [0.1, 0.15) is 9.81 Å². The number of allylic oxidation sites excluding steroid dienone is 8. The fourth-order valence-electron chi connectivity index (χ4n) is 1.69. The molecule has 1 rings (SSSR count). The fourth-order valence-corrected chi connectivity index (χ4v) is 5.29. The molecule has 0 aromatic carbocycles. The van der Waals surface area contributed by atoms with Crippen LogP contribution in [0.15, 0.2) is 94.5 Å². The zero-order chi connectivity index (χ0) is 16.0. The first kappa shape index (κ1) is 17.2. The van der Waals surface area contributed by atoms with Crippen molar-refractivity contribution in [3.05, 3.63) is 94.5 Å². The highest BCUT2D eigenvalue weighted by molar-refractivity contribution is 8.06. The van der Waals surface area contributed by atoms with Crippen molar-refractivity contribution in [1.82, 2.24) is 0 Å². The maximum absolute atomic E-state index is 12.7. The van der Waals surface area contributed by atoms with Crippen molar-refractivity contribution in [2.24, 2.45) is 0 Å². The van der Waals surface area contributed by atoms with Crippen molar-refractivity contribution in [3.8, 4) is 0 Å². The van der Waals surface area contributed by atoms with Gasteiger partial charge in [0.2, 0.25) is 9.84 Å². The summed E-state index contributed by atoms with van der Waals surface area (Å²) in [4.78, 5) is 0.174. The summed E-state index contributed by atoms with van der Waals surface area (Å²) in [6.45, 7) is 14.1. The molecule has 0 bridgehead atoms. The van der Waals surface area contributed by atoms with Crippen LogP contribution in [0.3, 0.4) is 0 Å². The molecule has 0 amide bonds. The molecule has 0 N–H and O–H groups in total. The third-order valence-electron chi connectivity index (χ3n) is 2.60. The predicted octanol–water partition coefficient (Wildman–Crippen LogP) is 3.44. The van der Waals surface area contributed by atoms with Crippen molar-refractivity contribution in [2.45, 2.75) is 0 Å². The summed E-state index contributed by atoms with van der Waals surface area (Å²) in [5, 5.41) is 0. The van der Waals surface area contributed by atoms with E-state index in [2.05, 4.69) is 26.3 Å². The molecule has 0 aliphatic carbocycles. The third kappa shape index (κ3) is 3.26. The molecular formula is C16H16O3S2. The van der Waals surface area contributed by atoms with E-state index in [1.165, 1.54) is 48.6 Å². The summed E-state index contributed by atoms with van der Waals surface area (Å²) < 4.78 is 37.9. The molecule has 0 unspecified atom stereocenters. The minimum Gasteiger partial charge on any atom is -0.606 e. The van der Waals surface area contributed by atoms with Gasteiger partial charge in [0.05, 0.1) is 0 Å². The monoisotopic (exact) mass is 320 g/mol. The first-order chi connectivity index (χ1) is 9.95. The van der Waals surface area contributed by atoms with Crippen LogP contribution in [-0.4, -0.2) is 13.0 Å². The molecule has 1 heterocycles. The summed E-state index contributed by atoms with van der Waals surface area (Å²) in [5.74, 6) is 0. The van der Waals surface area contributed by atoms with Crippen LogP contribution in [0, 0.1) is 0 Å². The lowest BCUT2D eigenvalue weighted by atomic mass is 10.4. The number of hydrogen-bond acceptors (Lipinski definition) is 3. The molecule has 1 aliphatic rings. The van der Waals surface area contributed by atoms with E-state index in [1.54, 1.807) is 0 Å². The van der Waals surface area contributed by atoms with Gasteiger partial charge in [-0.05, 0) is 24.3 Å². The van der Waals surface area contributed by atoms with E-state index in [0.717, 1.165) is 0 Å². The van der Waals surface area contributed by atoms with Crippen LogP contribution in [0.1, 0.15) is 0 Å². The van der Waals surface area contributed by atoms with Crippen LogP contribution in [0.4, 0.5) is 0 Å². The zero-order valence-electron chi connectivity index (χ0n) is 11.5. The van der Waals surface area contributed by atoms with Gasteiger partial charge in [-0.3, -0.25) is 0 Å². The van der Waals surface area contributed by atoms with Gasteiger partial charge in [-0.25, -0.2) is 8.42 Å². The normalized spacial score (nSPS) is 19.3. The molecule has 0 saturated heterocycles. The van der Waals surface area contributed by atoms with Gasteiger partial charge in [-0.15, -0.1) is 0 Å². The van der Waals surface area contributed by atoms with Crippen LogP contribution >= 0.6 is 0 Å². The number of sulfone groups is 1. The summed E-state index contributed by atoms with van der Waals surface area (Å²) in [7, 11) is -3.81. The highest BCUT2D eigenvalue weighted by Gasteiger charge is 2.39. The summed E-state index contributed by atoms with van der Waals surface area (Å²) in [5.41, 5.74) is 0. The van der Waals surface area contributed by atoms with Gasteiger partial charge in [0.25, 0.3) is 0 Å². The van der Waals surface area contributed by atoms with Gasteiger partial charge in [0.15, 0.2) is 9.81 Å². The van der Waals surface area contributed by atoms with E-state index in [0.29, 0.717) is 0 Å². The Hall–Kier alpha value is -1.82. The Balaban J connectivity index is 3.73. The smallest absolute Gasteiger partial charge is 0.216 e. The summed E-state index contributed by atoms with van der Waals surface area (Å²) in [6.07, 6.45) is 11.1. The van der Waals surface area contributed by atoms with E-state index in [4.69, 9.17) is 0 Å². The first-order valence-corrected chi connectivity index (χ1v) is 8.57. The van der Waals surface area contributed by atoms with Crippen molar-refractivity contribution in [3.63, 3.8) is 0 Å². The first-order valence-electron chi connectivity index (χ1n) is 5.94. The highest BCUT2D eigenvalue weighted by Crippen LogP contribution is 2.38. The largest absolute Gasteiger partial charge is 0.606 e.